The van der Waals surface area contributed by atoms with Gasteiger partial charge in [-0.15, -0.1) is 0 Å². The zero-order chi connectivity index (χ0) is 12.4. The van der Waals surface area contributed by atoms with Crippen LogP contribution in [-0.4, -0.2) is 21.0 Å². The third-order valence-electron chi connectivity index (χ3n) is 2.76. The summed E-state index contributed by atoms with van der Waals surface area (Å²) in [4.78, 5) is 8.15. The topological polar surface area (TPSA) is 43.1 Å². The standard InChI is InChI=1S/C12H15FN4/c1-4-9(7-14-5-2)11-6-10(13)12-15-8(3)16-17(11)12/h4-5,7,10-11H,1,6H2,2-3H3/b9-7+,14-5?. The second kappa shape index (κ2) is 4.61. The van der Waals surface area contributed by atoms with Crippen molar-refractivity contribution in [2.45, 2.75) is 32.5 Å². The van der Waals surface area contributed by atoms with Crippen LogP contribution < -0.4 is 0 Å². The molecule has 2 atom stereocenters. The number of aryl methyl sites for hydroxylation is 1. The number of hydrogen-bond acceptors (Lipinski definition) is 3. The number of nitrogens with zero attached hydrogens (tertiary/aromatic N) is 4. The smallest absolute Gasteiger partial charge is 0.162 e. The van der Waals surface area contributed by atoms with Crippen LogP contribution >= 0.6 is 0 Å². The molecule has 2 rings (SSSR count). The molecule has 0 saturated heterocycles. The molecule has 1 aromatic heterocycles. The van der Waals surface area contributed by atoms with Crippen molar-refractivity contribution in [3.63, 3.8) is 0 Å². The highest BCUT2D eigenvalue weighted by molar-refractivity contribution is 5.54. The zero-order valence-corrected chi connectivity index (χ0v) is 9.97. The molecule has 0 amide bonds. The molecule has 0 spiro atoms. The molecule has 0 fully saturated rings. The Morgan fingerprint density at radius 1 is 1.65 bits per heavy atom. The number of aliphatic imine (C=N–C) groups is 1. The summed E-state index contributed by atoms with van der Waals surface area (Å²) in [6.45, 7) is 7.33. The maximum Gasteiger partial charge on any atom is 0.162 e. The van der Waals surface area contributed by atoms with Gasteiger partial charge in [0.05, 0.1) is 6.04 Å². The Labute approximate surface area is 99.6 Å². The van der Waals surface area contributed by atoms with E-state index in [9.17, 15) is 4.39 Å². The number of alkyl halides is 1. The van der Waals surface area contributed by atoms with Gasteiger partial charge in [-0.3, -0.25) is 4.99 Å². The number of rotatable bonds is 3. The lowest BCUT2D eigenvalue weighted by Gasteiger charge is -2.11. The van der Waals surface area contributed by atoms with Crippen LogP contribution in [0.1, 0.15) is 37.2 Å². The maximum atomic E-state index is 13.8. The quantitative estimate of drug-likeness (QED) is 0.596. The van der Waals surface area contributed by atoms with Crippen LogP contribution in [0, 0.1) is 6.92 Å². The van der Waals surface area contributed by atoms with E-state index in [0.717, 1.165) is 5.57 Å². The second-order valence-electron chi connectivity index (χ2n) is 3.92. The highest BCUT2D eigenvalue weighted by atomic mass is 19.1. The van der Waals surface area contributed by atoms with Gasteiger partial charge in [0, 0.05) is 18.8 Å². The van der Waals surface area contributed by atoms with E-state index in [-0.39, 0.29) is 6.04 Å². The van der Waals surface area contributed by atoms with Crippen LogP contribution in [0.15, 0.2) is 29.4 Å². The number of hydrogen-bond donors (Lipinski definition) is 0. The fourth-order valence-corrected chi connectivity index (χ4v) is 2.00. The van der Waals surface area contributed by atoms with Gasteiger partial charge in [0.25, 0.3) is 0 Å². The van der Waals surface area contributed by atoms with Crippen LogP contribution in [0.4, 0.5) is 4.39 Å². The minimum Gasteiger partial charge on any atom is -0.269 e. The van der Waals surface area contributed by atoms with E-state index >= 15 is 0 Å². The fraction of sp³-hybridized carbons (Fsp3) is 0.417. The summed E-state index contributed by atoms with van der Waals surface area (Å²) in [5.41, 5.74) is 0.856. The summed E-state index contributed by atoms with van der Waals surface area (Å²) in [7, 11) is 0. The van der Waals surface area contributed by atoms with Gasteiger partial charge in [0.15, 0.2) is 12.0 Å². The number of aromatic nitrogens is 3. The third kappa shape index (κ3) is 2.05. The van der Waals surface area contributed by atoms with E-state index < -0.39 is 6.17 Å². The Morgan fingerprint density at radius 3 is 3.06 bits per heavy atom. The molecule has 90 valence electrons. The van der Waals surface area contributed by atoms with E-state index in [0.29, 0.717) is 18.1 Å². The molecular weight excluding hydrogens is 219 g/mol. The van der Waals surface area contributed by atoms with Gasteiger partial charge in [-0.05, 0) is 19.4 Å². The molecule has 0 aromatic carbocycles. The van der Waals surface area contributed by atoms with Crippen molar-refractivity contribution in [2.24, 2.45) is 4.99 Å². The van der Waals surface area contributed by atoms with Crippen molar-refractivity contribution in [1.29, 1.82) is 0 Å². The van der Waals surface area contributed by atoms with Crippen molar-refractivity contribution >= 4 is 6.21 Å². The molecule has 0 aliphatic carbocycles. The van der Waals surface area contributed by atoms with Crippen molar-refractivity contribution in [1.82, 2.24) is 14.8 Å². The van der Waals surface area contributed by atoms with Gasteiger partial charge < -0.3 is 0 Å². The van der Waals surface area contributed by atoms with Crippen LogP contribution in [0.3, 0.4) is 0 Å². The minimum atomic E-state index is -1.06. The normalized spacial score (nSPS) is 24.3. The summed E-state index contributed by atoms with van der Waals surface area (Å²) in [6, 6.07) is -0.151. The first-order valence-corrected chi connectivity index (χ1v) is 5.54. The van der Waals surface area contributed by atoms with E-state index in [1.165, 1.54) is 0 Å². The average molecular weight is 234 g/mol. The molecule has 0 radical (unpaired) electrons. The monoisotopic (exact) mass is 234 g/mol. The van der Waals surface area contributed by atoms with Crippen molar-refractivity contribution in [3.8, 4) is 0 Å². The van der Waals surface area contributed by atoms with Gasteiger partial charge in [0.2, 0.25) is 0 Å². The van der Waals surface area contributed by atoms with E-state index in [4.69, 9.17) is 0 Å². The lowest BCUT2D eigenvalue weighted by Crippen LogP contribution is -2.07. The van der Waals surface area contributed by atoms with E-state index in [1.54, 1.807) is 30.1 Å². The van der Waals surface area contributed by atoms with E-state index in [1.807, 2.05) is 6.92 Å². The summed E-state index contributed by atoms with van der Waals surface area (Å²) in [6.07, 6.45) is 4.36. The van der Waals surface area contributed by atoms with E-state index in [2.05, 4.69) is 21.7 Å². The minimum absolute atomic E-state index is 0.151. The van der Waals surface area contributed by atoms with Crippen LogP contribution in [0.2, 0.25) is 0 Å². The SMILES string of the molecule is C=C/C(=C\N=CC)C1CC(F)c2nc(C)nn21. The summed E-state index contributed by atoms with van der Waals surface area (Å²) in [5, 5.41) is 4.23. The summed E-state index contributed by atoms with van der Waals surface area (Å²) in [5.74, 6) is 0.996. The molecule has 2 heterocycles. The number of halogens is 1. The fourth-order valence-electron chi connectivity index (χ4n) is 2.00. The molecule has 2 unspecified atom stereocenters. The molecule has 5 heteroatoms. The molecule has 1 aliphatic heterocycles. The Balaban J connectivity index is 2.38. The molecule has 17 heavy (non-hydrogen) atoms. The largest absolute Gasteiger partial charge is 0.269 e. The molecule has 0 bridgehead atoms. The summed E-state index contributed by atoms with van der Waals surface area (Å²) >= 11 is 0. The number of fused-ring (bicyclic) bond motifs is 1. The summed E-state index contributed by atoms with van der Waals surface area (Å²) < 4.78 is 15.4. The van der Waals surface area contributed by atoms with Crippen LogP contribution in [-0.2, 0) is 0 Å². The first kappa shape index (κ1) is 11.7. The lowest BCUT2D eigenvalue weighted by atomic mass is 10.1. The van der Waals surface area contributed by atoms with Crippen molar-refractivity contribution in [3.05, 3.63) is 36.1 Å². The van der Waals surface area contributed by atoms with Crippen molar-refractivity contribution in [2.75, 3.05) is 0 Å². The highest BCUT2D eigenvalue weighted by Gasteiger charge is 2.35. The van der Waals surface area contributed by atoms with Crippen LogP contribution in [0.25, 0.3) is 0 Å². The Bertz CT molecular complexity index is 487. The van der Waals surface area contributed by atoms with Crippen LogP contribution in [0.5, 0.6) is 0 Å². The average Bonchev–Trinajstić information content (AvgIpc) is 2.81. The zero-order valence-electron chi connectivity index (χ0n) is 9.97. The Morgan fingerprint density at radius 2 is 2.41 bits per heavy atom. The maximum absolute atomic E-state index is 13.8. The van der Waals surface area contributed by atoms with Gasteiger partial charge in [0.1, 0.15) is 5.82 Å². The first-order valence-electron chi connectivity index (χ1n) is 5.54. The molecule has 1 aromatic rings. The van der Waals surface area contributed by atoms with Gasteiger partial charge in [-0.1, -0.05) is 12.7 Å². The lowest BCUT2D eigenvalue weighted by molar-refractivity contribution is 0.328. The molecule has 0 saturated carbocycles. The molecule has 4 nitrogen and oxygen atoms in total. The Kier molecular flexibility index (Phi) is 3.17. The second-order valence-corrected chi connectivity index (χ2v) is 3.92. The Hall–Kier alpha value is -1.78. The predicted molar refractivity (Wildman–Crippen MR) is 64.7 cm³/mol. The van der Waals surface area contributed by atoms with Gasteiger partial charge >= 0.3 is 0 Å². The third-order valence-corrected chi connectivity index (χ3v) is 2.76. The molecule has 1 aliphatic rings. The molecular formula is C12H15FN4. The van der Waals surface area contributed by atoms with Gasteiger partial charge in [-0.25, -0.2) is 14.1 Å². The van der Waals surface area contributed by atoms with Gasteiger partial charge in [-0.2, -0.15) is 5.10 Å². The molecule has 0 N–H and O–H groups in total. The highest BCUT2D eigenvalue weighted by Crippen LogP contribution is 2.39. The first-order chi connectivity index (χ1) is 8.17. The number of allylic oxidation sites excluding steroid dienone is 2. The predicted octanol–water partition coefficient (Wildman–Crippen LogP) is 2.70. The van der Waals surface area contributed by atoms with Crippen molar-refractivity contribution < 1.29 is 4.39 Å².